The smallest absolute Gasteiger partial charge is 0.422 e. The zero-order valence-corrected chi connectivity index (χ0v) is 32.9. The summed E-state index contributed by atoms with van der Waals surface area (Å²) in [4.78, 5) is 16.1. The first-order valence-electron chi connectivity index (χ1n) is 17.5. The van der Waals surface area contributed by atoms with E-state index in [9.17, 15) is 21.6 Å². The van der Waals surface area contributed by atoms with Crippen LogP contribution in [0.2, 0.25) is 0 Å². The van der Waals surface area contributed by atoms with Crippen molar-refractivity contribution in [3.05, 3.63) is 58.9 Å². The molecule has 0 bridgehead atoms. The molecule has 0 atom stereocenters. The van der Waals surface area contributed by atoms with E-state index in [1.54, 1.807) is 33.2 Å². The molecule has 54 heavy (non-hydrogen) atoms. The van der Waals surface area contributed by atoms with Gasteiger partial charge in [-0.05, 0) is 120 Å². The Kier molecular flexibility index (Phi) is 13.4. The predicted octanol–water partition coefficient (Wildman–Crippen LogP) is 3.93. The van der Waals surface area contributed by atoms with Crippen LogP contribution in [0.15, 0.2) is 36.7 Å². The number of fused-ring (bicyclic) bond motifs is 2. The number of aryl methyl sites for hydroxylation is 4. The lowest BCUT2D eigenvalue weighted by Gasteiger charge is -2.41. The maximum absolute atomic E-state index is 12.0. The standard InChI is InChI=1S/C20H29N5O4S.C15H21N5O2S.CH4/c1-13-8-16-17(9-14(13)2)23-21-10-18(16)25-11-15(12-25)6-7-22-30(27,28)24-19(26)29-20(3,4)5;1-10-5-13-14(6-11(10)2)19-17-7-15(13)20-8-12(9-20)3-4-18-23(16,21)22;/h8-10,15,22H,6-7,11-12H2,1-5H3,(H,24,26);5-7,12,18H,3-4,8-9H2,1-2H3,(H2,16,21,22);1H4. The number of nitrogens with one attached hydrogen (secondary N) is 3. The Labute approximate surface area is 319 Å². The van der Waals surface area contributed by atoms with Crippen molar-refractivity contribution in [3.63, 3.8) is 0 Å². The van der Waals surface area contributed by atoms with Crippen molar-refractivity contribution < 1.29 is 26.4 Å². The zero-order valence-electron chi connectivity index (χ0n) is 31.3. The van der Waals surface area contributed by atoms with E-state index in [4.69, 9.17) is 9.88 Å². The van der Waals surface area contributed by atoms with E-state index in [1.807, 2.05) is 10.8 Å². The molecule has 0 saturated carbocycles. The molecule has 0 radical (unpaired) electrons. The van der Waals surface area contributed by atoms with Crippen LogP contribution in [0.1, 0.15) is 63.3 Å². The van der Waals surface area contributed by atoms with Crippen molar-refractivity contribution in [2.45, 2.75) is 74.3 Å². The molecule has 16 nitrogen and oxygen atoms in total. The molecular weight excluding hydrogens is 733 g/mol. The second kappa shape index (κ2) is 17.1. The second-order valence-corrected chi connectivity index (χ2v) is 17.8. The van der Waals surface area contributed by atoms with Crippen LogP contribution in [0.25, 0.3) is 21.8 Å². The summed E-state index contributed by atoms with van der Waals surface area (Å²) in [5.74, 6) is 0.808. The molecule has 296 valence electrons. The zero-order chi connectivity index (χ0) is 38.7. The number of hydrogen-bond acceptors (Lipinski definition) is 12. The molecule has 0 unspecified atom stereocenters. The van der Waals surface area contributed by atoms with E-state index in [0.717, 1.165) is 65.8 Å². The van der Waals surface area contributed by atoms with Crippen molar-refractivity contribution in [1.82, 2.24) is 34.6 Å². The molecule has 2 aromatic carbocycles. The normalized spacial score (nSPS) is 15.2. The maximum Gasteiger partial charge on any atom is 0.422 e. The van der Waals surface area contributed by atoms with Crippen molar-refractivity contribution >= 4 is 59.7 Å². The number of benzene rings is 2. The fraction of sp³-hybridized carbons (Fsp3) is 0.528. The van der Waals surface area contributed by atoms with Crippen LogP contribution in [0, 0.1) is 39.5 Å². The van der Waals surface area contributed by atoms with Gasteiger partial charge in [-0.3, -0.25) is 0 Å². The summed E-state index contributed by atoms with van der Waals surface area (Å²) in [6, 6.07) is 8.41. The SMILES string of the molecule is C.Cc1cc2nncc(N3CC(CCNS(=O)(=O)NC(=O)OC(C)(C)C)C3)c2cc1C.Cc1cc2nncc(N3CC(CCNS(N)(=O)=O)C3)c2cc1C. The molecule has 2 saturated heterocycles. The number of hydrogen-bond donors (Lipinski definition) is 4. The topological polar surface area (TPSA) is 215 Å². The van der Waals surface area contributed by atoms with Gasteiger partial charge in [0.15, 0.2) is 0 Å². The summed E-state index contributed by atoms with van der Waals surface area (Å²) in [7, 11) is -7.53. The lowest BCUT2D eigenvalue weighted by Crippen LogP contribution is -2.49. The molecular formula is C36H54N10O6S2. The summed E-state index contributed by atoms with van der Waals surface area (Å²) >= 11 is 0. The average Bonchev–Trinajstić information content (AvgIpc) is 2.99. The fourth-order valence-corrected chi connectivity index (χ4v) is 7.38. The number of rotatable bonds is 11. The van der Waals surface area contributed by atoms with Crippen LogP contribution in [-0.4, -0.2) is 88.2 Å². The van der Waals surface area contributed by atoms with Crippen LogP contribution in [0.5, 0.6) is 0 Å². The summed E-state index contributed by atoms with van der Waals surface area (Å²) in [6.07, 6.45) is 4.03. The molecule has 0 spiro atoms. The highest BCUT2D eigenvalue weighted by Gasteiger charge is 2.30. The number of ether oxygens (including phenoxy) is 1. The molecule has 2 aromatic heterocycles. The van der Waals surface area contributed by atoms with Gasteiger partial charge in [0.05, 0.1) is 34.8 Å². The van der Waals surface area contributed by atoms with Gasteiger partial charge in [0.1, 0.15) is 5.60 Å². The van der Waals surface area contributed by atoms with Crippen LogP contribution in [0.3, 0.4) is 0 Å². The Morgan fingerprint density at radius 2 is 1.17 bits per heavy atom. The van der Waals surface area contributed by atoms with E-state index in [0.29, 0.717) is 24.8 Å². The first-order chi connectivity index (χ1) is 24.8. The Morgan fingerprint density at radius 1 is 0.759 bits per heavy atom. The molecule has 5 N–H and O–H groups in total. The molecule has 18 heteroatoms. The van der Waals surface area contributed by atoms with E-state index in [2.05, 4.69) is 85.5 Å². The number of aromatic nitrogens is 4. The lowest BCUT2D eigenvalue weighted by atomic mass is 9.95. The summed E-state index contributed by atoms with van der Waals surface area (Å²) < 4.78 is 57.2. The van der Waals surface area contributed by atoms with Gasteiger partial charge in [-0.1, -0.05) is 7.43 Å². The number of nitrogens with zero attached hydrogens (tertiary/aromatic N) is 6. The van der Waals surface area contributed by atoms with Gasteiger partial charge in [-0.2, -0.15) is 42.0 Å². The summed E-state index contributed by atoms with van der Waals surface area (Å²) in [6.45, 7) is 17.3. The Morgan fingerprint density at radius 3 is 1.57 bits per heavy atom. The maximum atomic E-state index is 12.0. The first kappa shape index (κ1) is 42.5. The minimum absolute atomic E-state index is 0. The number of amides is 1. The van der Waals surface area contributed by atoms with Gasteiger partial charge >= 0.3 is 16.3 Å². The number of carbonyl (C=O) groups excluding carboxylic acids is 1. The highest BCUT2D eigenvalue weighted by molar-refractivity contribution is 7.88. The number of nitrogens with two attached hydrogens (primary N) is 1. The lowest BCUT2D eigenvalue weighted by molar-refractivity contribution is 0.0569. The van der Waals surface area contributed by atoms with E-state index < -0.39 is 32.1 Å². The van der Waals surface area contributed by atoms with Crippen molar-refractivity contribution in [2.24, 2.45) is 17.0 Å². The molecule has 2 aliphatic rings. The summed E-state index contributed by atoms with van der Waals surface area (Å²) in [5, 5.41) is 23.8. The second-order valence-electron chi connectivity index (χ2n) is 14.9. The number of anilines is 2. The average molecular weight is 787 g/mol. The van der Waals surface area contributed by atoms with Crippen LogP contribution < -0.4 is 29.1 Å². The van der Waals surface area contributed by atoms with Crippen molar-refractivity contribution in [2.75, 3.05) is 49.1 Å². The van der Waals surface area contributed by atoms with E-state index in [-0.39, 0.29) is 14.0 Å². The Balaban J connectivity index is 0.000000244. The van der Waals surface area contributed by atoms with Gasteiger partial charge in [0.25, 0.3) is 10.2 Å². The van der Waals surface area contributed by atoms with Gasteiger partial charge in [-0.15, -0.1) is 0 Å². The minimum atomic E-state index is -3.94. The van der Waals surface area contributed by atoms with E-state index in [1.165, 1.54) is 22.3 Å². The summed E-state index contributed by atoms with van der Waals surface area (Å²) in [5.41, 5.74) is 7.99. The molecule has 2 fully saturated rings. The van der Waals surface area contributed by atoms with Crippen molar-refractivity contribution in [3.8, 4) is 0 Å². The molecule has 2 aliphatic heterocycles. The third kappa shape index (κ3) is 11.4. The monoisotopic (exact) mass is 786 g/mol. The Hall–Kier alpha value is -4.23. The molecule has 0 aliphatic carbocycles. The van der Waals surface area contributed by atoms with Gasteiger partial charge in [0, 0.05) is 50.0 Å². The largest absolute Gasteiger partial charge is 0.443 e. The molecule has 1 amide bonds. The highest BCUT2D eigenvalue weighted by Crippen LogP contribution is 2.34. The quantitative estimate of drug-likeness (QED) is 0.170. The third-order valence-corrected chi connectivity index (χ3v) is 11.0. The van der Waals surface area contributed by atoms with Crippen LogP contribution in [-0.2, 0) is 25.2 Å². The van der Waals surface area contributed by atoms with E-state index >= 15 is 0 Å². The molecule has 6 rings (SSSR count). The first-order valence-corrected chi connectivity index (χ1v) is 20.5. The predicted molar refractivity (Wildman–Crippen MR) is 213 cm³/mol. The molecule has 4 aromatic rings. The third-order valence-electron chi connectivity index (χ3n) is 9.38. The Bertz CT molecular complexity index is 2180. The minimum Gasteiger partial charge on any atom is -0.443 e. The highest BCUT2D eigenvalue weighted by atomic mass is 32.2. The van der Waals surface area contributed by atoms with Gasteiger partial charge in [0.2, 0.25) is 0 Å². The van der Waals surface area contributed by atoms with Gasteiger partial charge < -0.3 is 14.5 Å². The van der Waals surface area contributed by atoms with Gasteiger partial charge in [-0.25, -0.2) is 19.4 Å². The molecule has 4 heterocycles. The van der Waals surface area contributed by atoms with Crippen LogP contribution in [0.4, 0.5) is 16.2 Å². The number of carbonyl (C=O) groups is 1. The van der Waals surface area contributed by atoms with Crippen molar-refractivity contribution in [1.29, 1.82) is 0 Å². The van der Waals surface area contributed by atoms with Crippen LogP contribution >= 0.6 is 0 Å². The fourth-order valence-electron chi connectivity index (χ4n) is 6.26.